The summed E-state index contributed by atoms with van der Waals surface area (Å²) in [6.07, 6.45) is 2.26. The Kier molecular flexibility index (Phi) is 3.72. The lowest BCUT2D eigenvalue weighted by Gasteiger charge is -2.29. The minimum Gasteiger partial charge on any atom is -0.312 e. The summed E-state index contributed by atoms with van der Waals surface area (Å²) in [6.45, 7) is 1.87. The summed E-state index contributed by atoms with van der Waals surface area (Å²) in [5, 5.41) is 10.6. The van der Waals surface area contributed by atoms with Gasteiger partial charge in [0.05, 0.1) is 11.8 Å². The van der Waals surface area contributed by atoms with Gasteiger partial charge >= 0.3 is 0 Å². The number of rotatable bonds is 2. The van der Waals surface area contributed by atoms with Gasteiger partial charge in [0.1, 0.15) is 0 Å². The lowest BCUT2D eigenvalue weighted by Crippen LogP contribution is -2.40. The standard InChI is InChI=1S/C20H21N3/c1-23-20(16-10-6-3-7-11-16)18-14-21-13-17(19(18)22-23)12-15-8-4-2-5-9-15/h2-12,18,20-21H,13-14H2,1H3/b17-12-. The van der Waals surface area contributed by atoms with Crippen LogP contribution in [0.2, 0.25) is 0 Å². The van der Waals surface area contributed by atoms with Gasteiger partial charge in [0.15, 0.2) is 0 Å². The molecule has 0 bridgehead atoms. The third-order valence-corrected chi connectivity index (χ3v) is 4.69. The van der Waals surface area contributed by atoms with E-state index >= 15 is 0 Å². The van der Waals surface area contributed by atoms with Crippen molar-refractivity contribution in [3.05, 3.63) is 77.4 Å². The highest BCUT2D eigenvalue weighted by Crippen LogP contribution is 2.37. The van der Waals surface area contributed by atoms with Crippen molar-refractivity contribution in [1.82, 2.24) is 10.3 Å². The number of nitrogens with one attached hydrogen (secondary N) is 1. The van der Waals surface area contributed by atoms with Crippen LogP contribution in [0.3, 0.4) is 0 Å². The minimum atomic E-state index is 0.318. The molecule has 1 saturated heterocycles. The van der Waals surface area contributed by atoms with Crippen molar-refractivity contribution in [3.63, 3.8) is 0 Å². The number of fused-ring (bicyclic) bond motifs is 1. The number of piperidine rings is 1. The third-order valence-electron chi connectivity index (χ3n) is 4.69. The first-order chi connectivity index (χ1) is 11.3. The van der Waals surface area contributed by atoms with E-state index < -0.39 is 0 Å². The molecule has 2 aromatic rings. The predicted octanol–water partition coefficient (Wildman–Crippen LogP) is 3.33. The van der Waals surface area contributed by atoms with Gasteiger partial charge in [-0.05, 0) is 22.8 Å². The molecule has 2 aliphatic heterocycles. The molecular weight excluding hydrogens is 282 g/mol. The van der Waals surface area contributed by atoms with Crippen LogP contribution in [0.1, 0.15) is 17.2 Å². The maximum atomic E-state index is 4.89. The van der Waals surface area contributed by atoms with E-state index in [0.29, 0.717) is 12.0 Å². The second-order valence-electron chi connectivity index (χ2n) is 6.23. The number of benzene rings is 2. The molecule has 1 N–H and O–H groups in total. The van der Waals surface area contributed by atoms with E-state index in [1.54, 1.807) is 0 Å². The molecule has 23 heavy (non-hydrogen) atoms. The van der Waals surface area contributed by atoms with Gasteiger partial charge in [-0.15, -0.1) is 0 Å². The van der Waals surface area contributed by atoms with Gasteiger partial charge in [-0.3, -0.25) is 5.01 Å². The van der Waals surface area contributed by atoms with Crippen LogP contribution in [-0.2, 0) is 0 Å². The van der Waals surface area contributed by atoms with Crippen LogP contribution in [0.25, 0.3) is 6.08 Å². The Morgan fingerprint density at radius 3 is 2.48 bits per heavy atom. The van der Waals surface area contributed by atoms with Gasteiger partial charge < -0.3 is 5.32 Å². The third kappa shape index (κ3) is 2.68. The zero-order chi connectivity index (χ0) is 15.6. The summed E-state index contributed by atoms with van der Waals surface area (Å²) in [5.74, 6) is 0.408. The van der Waals surface area contributed by atoms with Crippen LogP contribution >= 0.6 is 0 Å². The van der Waals surface area contributed by atoms with Gasteiger partial charge in [0, 0.05) is 26.1 Å². The molecule has 0 aromatic heterocycles. The van der Waals surface area contributed by atoms with Crippen molar-refractivity contribution in [1.29, 1.82) is 0 Å². The fourth-order valence-electron chi connectivity index (χ4n) is 3.65. The molecule has 3 heteroatoms. The van der Waals surface area contributed by atoms with E-state index in [-0.39, 0.29) is 0 Å². The first-order valence-electron chi connectivity index (χ1n) is 8.16. The summed E-state index contributed by atoms with van der Waals surface area (Å²) in [6, 6.07) is 21.5. The quantitative estimate of drug-likeness (QED) is 0.921. The SMILES string of the molecule is CN1N=C2/C(=C\c3ccccc3)CNCC2C1c1ccccc1. The molecule has 2 aliphatic rings. The fraction of sp³-hybridized carbons (Fsp3) is 0.250. The molecule has 2 atom stereocenters. The van der Waals surface area contributed by atoms with Crippen molar-refractivity contribution in [2.45, 2.75) is 6.04 Å². The minimum absolute atomic E-state index is 0.318. The van der Waals surface area contributed by atoms with Crippen LogP contribution in [0, 0.1) is 5.92 Å². The highest BCUT2D eigenvalue weighted by atomic mass is 15.5. The van der Waals surface area contributed by atoms with E-state index in [0.717, 1.165) is 13.1 Å². The summed E-state index contributed by atoms with van der Waals surface area (Å²) in [4.78, 5) is 0. The van der Waals surface area contributed by atoms with E-state index in [1.165, 1.54) is 22.4 Å². The zero-order valence-electron chi connectivity index (χ0n) is 13.3. The fourth-order valence-corrected chi connectivity index (χ4v) is 3.65. The van der Waals surface area contributed by atoms with Gasteiger partial charge in [0.25, 0.3) is 0 Å². The van der Waals surface area contributed by atoms with Gasteiger partial charge in [-0.2, -0.15) is 5.10 Å². The van der Waals surface area contributed by atoms with Crippen LogP contribution in [-0.4, -0.2) is 30.9 Å². The average molecular weight is 303 g/mol. The summed E-state index contributed by atoms with van der Waals surface area (Å²) < 4.78 is 0. The number of nitrogens with zero attached hydrogens (tertiary/aromatic N) is 2. The zero-order valence-corrected chi connectivity index (χ0v) is 13.3. The Labute approximate surface area is 137 Å². The Hall–Kier alpha value is -2.39. The molecule has 0 amide bonds. The first kappa shape index (κ1) is 14.2. The number of hydrogen-bond donors (Lipinski definition) is 1. The number of hydrogen-bond acceptors (Lipinski definition) is 3. The second-order valence-corrected chi connectivity index (χ2v) is 6.23. The largest absolute Gasteiger partial charge is 0.312 e. The molecule has 4 rings (SSSR count). The van der Waals surface area contributed by atoms with Gasteiger partial charge in [0.2, 0.25) is 0 Å². The van der Waals surface area contributed by atoms with Crippen molar-refractivity contribution in [3.8, 4) is 0 Å². The summed E-state index contributed by atoms with van der Waals surface area (Å²) in [7, 11) is 2.09. The van der Waals surface area contributed by atoms with Crippen molar-refractivity contribution >= 4 is 11.8 Å². The highest BCUT2D eigenvalue weighted by Gasteiger charge is 2.39. The average Bonchev–Trinajstić information content (AvgIpc) is 2.94. The molecule has 2 aromatic carbocycles. The van der Waals surface area contributed by atoms with Gasteiger partial charge in [-0.1, -0.05) is 60.7 Å². The Bertz CT molecular complexity index is 734. The topological polar surface area (TPSA) is 27.6 Å². The van der Waals surface area contributed by atoms with Crippen LogP contribution in [0.15, 0.2) is 71.3 Å². The lowest BCUT2D eigenvalue weighted by atomic mass is 9.84. The predicted molar refractivity (Wildman–Crippen MR) is 95.2 cm³/mol. The molecular formula is C20H21N3. The molecule has 0 aliphatic carbocycles. The van der Waals surface area contributed by atoms with E-state index in [9.17, 15) is 0 Å². The molecule has 2 heterocycles. The molecule has 116 valence electrons. The molecule has 2 unspecified atom stereocenters. The summed E-state index contributed by atoms with van der Waals surface area (Å²) >= 11 is 0. The monoisotopic (exact) mass is 303 g/mol. The smallest absolute Gasteiger partial charge is 0.0813 e. The van der Waals surface area contributed by atoms with Crippen LogP contribution in [0.5, 0.6) is 0 Å². The van der Waals surface area contributed by atoms with Crippen molar-refractivity contribution < 1.29 is 0 Å². The molecule has 0 spiro atoms. The van der Waals surface area contributed by atoms with E-state index in [2.05, 4.69) is 84.1 Å². The Balaban J connectivity index is 1.68. The molecule has 0 radical (unpaired) electrons. The second kappa shape index (κ2) is 6.01. The van der Waals surface area contributed by atoms with Gasteiger partial charge in [-0.25, -0.2) is 0 Å². The van der Waals surface area contributed by atoms with Crippen LogP contribution in [0.4, 0.5) is 0 Å². The highest BCUT2D eigenvalue weighted by molar-refractivity contribution is 6.07. The van der Waals surface area contributed by atoms with E-state index in [1.807, 2.05) is 0 Å². The van der Waals surface area contributed by atoms with E-state index in [4.69, 9.17) is 5.10 Å². The molecule has 3 nitrogen and oxygen atoms in total. The van der Waals surface area contributed by atoms with Crippen molar-refractivity contribution in [2.24, 2.45) is 11.0 Å². The lowest BCUT2D eigenvalue weighted by molar-refractivity contribution is 0.246. The summed E-state index contributed by atoms with van der Waals surface area (Å²) in [5.41, 5.74) is 5.11. The maximum Gasteiger partial charge on any atom is 0.0813 e. The van der Waals surface area contributed by atoms with Crippen molar-refractivity contribution in [2.75, 3.05) is 20.1 Å². The molecule has 1 fully saturated rings. The Morgan fingerprint density at radius 1 is 1.04 bits per heavy atom. The normalized spacial score (nSPS) is 25.3. The first-order valence-corrected chi connectivity index (χ1v) is 8.16. The maximum absolute atomic E-state index is 4.89. The number of hydrazone groups is 1. The van der Waals surface area contributed by atoms with Crippen LogP contribution < -0.4 is 5.32 Å². The molecule has 0 saturated carbocycles. The Morgan fingerprint density at radius 2 is 1.74 bits per heavy atom.